The number of nitrogens with one attached hydrogen (secondary N) is 1. The maximum absolute atomic E-state index is 12.6. The van der Waals surface area contributed by atoms with E-state index in [1.165, 1.54) is 0 Å². The van der Waals surface area contributed by atoms with Crippen molar-refractivity contribution in [3.05, 3.63) is 29.8 Å². The maximum atomic E-state index is 12.6. The molecule has 2 atom stereocenters. The van der Waals surface area contributed by atoms with Crippen molar-refractivity contribution in [2.24, 2.45) is 5.41 Å². The average Bonchev–Trinajstić information content (AvgIpc) is 2.75. The monoisotopic (exact) mass is 403 g/mol. The van der Waals surface area contributed by atoms with Crippen molar-refractivity contribution in [2.45, 2.75) is 31.9 Å². The standard InChI is InChI=1S/C22H33N3O4/c26-20-6-9-25(17-22(20)7-3-8-23-21(22)27)16-18-4-1-2-5-19(18)29-15-12-24-10-13-28-14-11-24/h1-2,4-5,20,26H,3,6-17H2,(H,23,27)/t20-,22-/m1/s1. The van der Waals surface area contributed by atoms with E-state index in [9.17, 15) is 9.90 Å². The van der Waals surface area contributed by atoms with Crippen LogP contribution in [0.2, 0.25) is 0 Å². The van der Waals surface area contributed by atoms with Crippen molar-refractivity contribution < 1.29 is 19.4 Å². The van der Waals surface area contributed by atoms with E-state index < -0.39 is 11.5 Å². The number of hydrogen-bond donors (Lipinski definition) is 2. The number of aliphatic hydroxyl groups is 1. The fourth-order valence-corrected chi connectivity index (χ4v) is 4.79. The molecule has 3 aliphatic heterocycles. The van der Waals surface area contributed by atoms with Crippen LogP contribution in [0, 0.1) is 5.41 Å². The Morgan fingerprint density at radius 1 is 1.21 bits per heavy atom. The van der Waals surface area contributed by atoms with Crippen LogP contribution in [0.5, 0.6) is 5.75 Å². The molecule has 29 heavy (non-hydrogen) atoms. The summed E-state index contributed by atoms with van der Waals surface area (Å²) in [7, 11) is 0. The average molecular weight is 404 g/mol. The second-order valence-corrected chi connectivity index (χ2v) is 8.44. The SMILES string of the molecule is O=C1NCCC[C@]12CN(Cc1ccccc1OCCN1CCOCC1)CC[C@H]2O. The molecule has 1 amide bonds. The van der Waals surface area contributed by atoms with Gasteiger partial charge in [0, 0.05) is 51.4 Å². The van der Waals surface area contributed by atoms with Crippen LogP contribution in [-0.2, 0) is 16.1 Å². The zero-order valence-corrected chi connectivity index (χ0v) is 17.1. The van der Waals surface area contributed by atoms with Gasteiger partial charge in [0.2, 0.25) is 5.91 Å². The predicted molar refractivity (Wildman–Crippen MR) is 110 cm³/mol. The van der Waals surface area contributed by atoms with Gasteiger partial charge in [0.05, 0.1) is 24.7 Å². The van der Waals surface area contributed by atoms with Gasteiger partial charge in [-0.1, -0.05) is 18.2 Å². The summed E-state index contributed by atoms with van der Waals surface area (Å²) in [5.74, 6) is 0.921. The summed E-state index contributed by atoms with van der Waals surface area (Å²) >= 11 is 0. The molecular weight excluding hydrogens is 370 g/mol. The first kappa shape index (κ1) is 20.6. The van der Waals surface area contributed by atoms with Gasteiger partial charge in [0.15, 0.2) is 0 Å². The Morgan fingerprint density at radius 2 is 2.03 bits per heavy atom. The molecule has 3 heterocycles. The number of amides is 1. The van der Waals surface area contributed by atoms with E-state index in [1.807, 2.05) is 18.2 Å². The summed E-state index contributed by atoms with van der Waals surface area (Å²) in [4.78, 5) is 17.3. The van der Waals surface area contributed by atoms with Gasteiger partial charge in [0.1, 0.15) is 12.4 Å². The number of nitrogens with zero attached hydrogens (tertiary/aromatic N) is 2. The quantitative estimate of drug-likeness (QED) is 0.734. The summed E-state index contributed by atoms with van der Waals surface area (Å²) in [6.45, 7) is 7.91. The van der Waals surface area contributed by atoms with Crippen molar-refractivity contribution in [3.8, 4) is 5.75 Å². The van der Waals surface area contributed by atoms with Crippen molar-refractivity contribution >= 4 is 5.91 Å². The van der Waals surface area contributed by atoms with Gasteiger partial charge in [-0.15, -0.1) is 0 Å². The highest BCUT2D eigenvalue weighted by molar-refractivity contribution is 5.84. The van der Waals surface area contributed by atoms with E-state index >= 15 is 0 Å². The van der Waals surface area contributed by atoms with Crippen LogP contribution in [-0.4, -0.2) is 86.0 Å². The topological polar surface area (TPSA) is 74.3 Å². The maximum Gasteiger partial charge on any atom is 0.230 e. The van der Waals surface area contributed by atoms with Crippen molar-refractivity contribution in [3.63, 3.8) is 0 Å². The largest absolute Gasteiger partial charge is 0.492 e. The predicted octanol–water partition coefficient (Wildman–Crippen LogP) is 0.861. The summed E-state index contributed by atoms with van der Waals surface area (Å²) in [6.07, 6.45) is 1.76. The molecule has 0 aliphatic carbocycles. The van der Waals surface area contributed by atoms with E-state index in [2.05, 4.69) is 21.2 Å². The normalized spacial score (nSPS) is 29.0. The van der Waals surface area contributed by atoms with Crippen molar-refractivity contribution in [2.75, 3.05) is 59.1 Å². The number of benzene rings is 1. The highest BCUT2D eigenvalue weighted by atomic mass is 16.5. The van der Waals surface area contributed by atoms with E-state index in [0.717, 1.165) is 70.1 Å². The van der Waals surface area contributed by atoms with Crippen LogP contribution in [0.15, 0.2) is 24.3 Å². The van der Waals surface area contributed by atoms with Gasteiger partial charge in [-0.25, -0.2) is 0 Å². The number of rotatable bonds is 6. The minimum Gasteiger partial charge on any atom is -0.492 e. The summed E-state index contributed by atoms with van der Waals surface area (Å²) in [5, 5.41) is 13.6. The Morgan fingerprint density at radius 3 is 2.86 bits per heavy atom. The molecule has 160 valence electrons. The first-order valence-electron chi connectivity index (χ1n) is 10.9. The number of hydrogen-bond acceptors (Lipinski definition) is 6. The Balaban J connectivity index is 1.37. The minimum absolute atomic E-state index is 0.0102. The van der Waals surface area contributed by atoms with Gasteiger partial charge >= 0.3 is 0 Å². The van der Waals surface area contributed by atoms with Crippen molar-refractivity contribution in [1.29, 1.82) is 0 Å². The molecule has 0 bridgehead atoms. The smallest absolute Gasteiger partial charge is 0.230 e. The van der Waals surface area contributed by atoms with E-state index in [-0.39, 0.29) is 5.91 Å². The lowest BCUT2D eigenvalue weighted by Crippen LogP contribution is -2.61. The van der Waals surface area contributed by atoms with Crippen LogP contribution in [0.25, 0.3) is 0 Å². The second kappa shape index (κ2) is 9.43. The Hall–Kier alpha value is -1.67. The molecule has 0 radical (unpaired) electrons. The number of carbonyl (C=O) groups is 1. The molecule has 1 spiro atoms. The highest BCUT2D eigenvalue weighted by Gasteiger charge is 2.49. The molecule has 3 fully saturated rings. The molecule has 4 rings (SSSR count). The molecular formula is C22H33N3O4. The van der Waals surface area contributed by atoms with Crippen LogP contribution in [0.4, 0.5) is 0 Å². The molecule has 3 saturated heterocycles. The van der Waals surface area contributed by atoms with Gasteiger partial charge in [-0.05, 0) is 25.3 Å². The number of ether oxygens (including phenoxy) is 2. The van der Waals surface area contributed by atoms with Crippen LogP contribution < -0.4 is 10.1 Å². The minimum atomic E-state index is -0.664. The fourth-order valence-electron chi connectivity index (χ4n) is 4.79. The fraction of sp³-hybridized carbons (Fsp3) is 0.682. The Kier molecular flexibility index (Phi) is 6.70. The number of aliphatic hydroxyl groups excluding tert-OH is 1. The molecule has 0 saturated carbocycles. The number of para-hydroxylation sites is 1. The zero-order chi connectivity index (χ0) is 20.1. The third-order valence-corrected chi connectivity index (χ3v) is 6.54. The highest BCUT2D eigenvalue weighted by Crippen LogP contribution is 2.38. The third-order valence-electron chi connectivity index (χ3n) is 6.54. The molecule has 1 aromatic carbocycles. The van der Waals surface area contributed by atoms with Gasteiger partial charge in [-0.2, -0.15) is 0 Å². The number of piperidine rings is 2. The van der Waals surface area contributed by atoms with E-state index in [0.29, 0.717) is 26.1 Å². The Bertz CT molecular complexity index is 694. The summed E-state index contributed by atoms with van der Waals surface area (Å²) in [6, 6.07) is 8.16. The first-order chi connectivity index (χ1) is 14.2. The van der Waals surface area contributed by atoms with Crippen LogP contribution in [0.1, 0.15) is 24.8 Å². The lowest BCUT2D eigenvalue weighted by atomic mass is 9.71. The molecule has 7 nitrogen and oxygen atoms in total. The van der Waals surface area contributed by atoms with E-state index in [4.69, 9.17) is 9.47 Å². The third kappa shape index (κ3) is 4.74. The summed E-state index contributed by atoms with van der Waals surface area (Å²) < 4.78 is 11.5. The molecule has 7 heteroatoms. The zero-order valence-electron chi connectivity index (χ0n) is 17.1. The molecule has 0 unspecified atom stereocenters. The first-order valence-corrected chi connectivity index (χ1v) is 10.9. The lowest BCUT2D eigenvalue weighted by molar-refractivity contribution is -0.149. The molecule has 3 aliphatic rings. The van der Waals surface area contributed by atoms with Crippen LogP contribution in [0.3, 0.4) is 0 Å². The molecule has 0 aromatic heterocycles. The second-order valence-electron chi connectivity index (χ2n) is 8.44. The van der Waals surface area contributed by atoms with Gasteiger partial charge in [-0.3, -0.25) is 14.6 Å². The molecule has 1 aromatic rings. The number of morpholine rings is 1. The van der Waals surface area contributed by atoms with Gasteiger partial charge in [0.25, 0.3) is 0 Å². The molecule has 2 N–H and O–H groups in total. The Labute approximate surface area is 173 Å². The number of carbonyl (C=O) groups excluding carboxylic acids is 1. The lowest BCUT2D eigenvalue weighted by Gasteiger charge is -2.47. The number of likely N-dealkylation sites (tertiary alicyclic amines) is 1. The summed E-state index contributed by atoms with van der Waals surface area (Å²) in [5.41, 5.74) is 0.472. The van der Waals surface area contributed by atoms with Crippen LogP contribution >= 0.6 is 0 Å². The van der Waals surface area contributed by atoms with E-state index in [1.54, 1.807) is 0 Å². The van der Waals surface area contributed by atoms with Gasteiger partial charge < -0.3 is 19.9 Å². The van der Waals surface area contributed by atoms with Crippen molar-refractivity contribution in [1.82, 2.24) is 15.1 Å².